The highest BCUT2D eigenvalue weighted by Gasteiger charge is 2.21. The molecule has 0 aromatic carbocycles. The van der Waals surface area contributed by atoms with Crippen LogP contribution in [-0.2, 0) is 0 Å². The first-order chi connectivity index (χ1) is 4.30. The van der Waals surface area contributed by atoms with Crippen molar-refractivity contribution < 1.29 is 4.39 Å². The van der Waals surface area contributed by atoms with Crippen LogP contribution in [0.4, 0.5) is 4.39 Å². The minimum absolute atomic E-state index is 0.347. The van der Waals surface area contributed by atoms with E-state index in [4.69, 9.17) is 0 Å². The molecule has 1 heteroatoms. The van der Waals surface area contributed by atoms with E-state index in [2.05, 4.69) is 0 Å². The molecule has 0 aromatic heterocycles. The maximum absolute atomic E-state index is 12.3. The van der Waals surface area contributed by atoms with Gasteiger partial charge >= 0.3 is 0 Å². The summed E-state index contributed by atoms with van der Waals surface area (Å²) in [6.45, 7) is 5.98. The number of rotatable bonds is 0. The minimum Gasteiger partial charge on any atom is -0.247 e. The average Bonchev–Trinajstić information content (AvgIpc) is 2.23. The van der Waals surface area contributed by atoms with Crippen LogP contribution in [0.3, 0.4) is 0 Å². The van der Waals surface area contributed by atoms with Gasteiger partial charge in [0, 0.05) is 0 Å². The maximum atomic E-state index is 12.3. The molecular weight excluding hydrogens is 115 g/mol. The molecule has 1 rings (SSSR count). The van der Waals surface area contributed by atoms with Gasteiger partial charge in [-0.3, -0.25) is 0 Å². The zero-order valence-corrected chi connectivity index (χ0v) is 6.65. The Balaban J connectivity index is 0.000000291. The lowest BCUT2D eigenvalue weighted by Gasteiger charge is -2.00. The molecule has 1 fully saturated rings. The molecule has 1 aliphatic carbocycles. The summed E-state index contributed by atoms with van der Waals surface area (Å²) >= 11 is 0. The fourth-order valence-corrected chi connectivity index (χ4v) is 1.10. The lowest BCUT2D eigenvalue weighted by atomic mass is 10.1. The van der Waals surface area contributed by atoms with Crippen molar-refractivity contribution >= 4 is 0 Å². The zero-order valence-electron chi connectivity index (χ0n) is 6.65. The van der Waals surface area contributed by atoms with Crippen LogP contribution in [0, 0.1) is 5.92 Å². The summed E-state index contributed by atoms with van der Waals surface area (Å²) in [5.41, 5.74) is 0. The first-order valence-electron chi connectivity index (χ1n) is 3.95. The van der Waals surface area contributed by atoms with Crippen molar-refractivity contribution in [3.63, 3.8) is 0 Å². The second kappa shape index (κ2) is 4.78. The van der Waals surface area contributed by atoms with Crippen LogP contribution < -0.4 is 0 Å². The van der Waals surface area contributed by atoms with Gasteiger partial charge in [0.2, 0.25) is 0 Å². The summed E-state index contributed by atoms with van der Waals surface area (Å²) in [6, 6.07) is 0. The van der Waals surface area contributed by atoms with Gasteiger partial charge in [0.05, 0.1) is 0 Å². The van der Waals surface area contributed by atoms with Crippen molar-refractivity contribution in [3.8, 4) is 0 Å². The van der Waals surface area contributed by atoms with Gasteiger partial charge in [0.25, 0.3) is 0 Å². The van der Waals surface area contributed by atoms with Crippen molar-refractivity contribution in [2.24, 2.45) is 5.92 Å². The number of alkyl halides is 1. The normalized spacial score (nSPS) is 33.3. The first-order valence-corrected chi connectivity index (χ1v) is 3.95. The fourth-order valence-electron chi connectivity index (χ4n) is 1.10. The van der Waals surface area contributed by atoms with Crippen molar-refractivity contribution in [2.45, 2.75) is 46.2 Å². The highest BCUT2D eigenvalue weighted by atomic mass is 19.1. The van der Waals surface area contributed by atoms with Crippen LogP contribution >= 0.6 is 0 Å². The zero-order chi connectivity index (χ0) is 7.28. The maximum Gasteiger partial charge on any atom is 0.103 e. The molecule has 0 bridgehead atoms. The largest absolute Gasteiger partial charge is 0.247 e. The minimum atomic E-state index is -0.486. The van der Waals surface area contributed by atoms with E-state index in [9.17, 15) is 4.39 Å². The topological polar surface area (TPSA) is 0 Å². The molecule has 0 N–H and O–H groups in total. The third-order valence-electron chi connectivity index (χ3n) is 1.76. The molecule has 2 unspecified atom stereocenters. The fraction of sp³-hybridized carbons (Fsp3) is 1.00. The van der Waals surface area contributed by atoms with Gasteiger partial charge < -0.3 is 0 Å². The van der Waals surface area contributed by atoms with Gasteiger partial charge in [0.1, 0.15) is 6.17 Å². The molecule has 0 aromatic rings. The van der Waals surface area contributed by atoms with E-state index >= 15 is 0 Å². The molecule has 2 atom stereocenters. The van der Waals surface area contributed by atoms with Crippen LogP contribution in [0.5, 0.6) is 0 Å². The van der Waals surface area contributed by atoms with Gasteiger partial charge in [-0.15, -0.1) is 0 Å². The molecule has 0 radical (unpaired) electrons. The van der Waals surface area contributed by atoms with Crippen molar-refractivity contribution in [1.82, 2.24) is 0 Å². The summed E-state index contributed by atoms with van der Waals surface area (Å²) in [7, 11) is 0. The summed E-state index contributed by atoms with van der Waals surface area (Å²) in [5.74, 6) is 0.347. The predicted molar refractivity (Wildman–Crippen MR) is 39.3 cm³/mol. The second-order valence-corrected chi connectivity index (χ2v) is 2.42. The van der Waals surface area contributed by atoms with E-state index in [1.165, 1.54) is 0 Å². The number of hydrogen-bond acceptors (Lipinski definition) is 0. The van der Waals surface area contributed by atoms with Crippen LogP contribution in [0.25, 0.3) is 0 Å². The van der Waals surface area contributed by atoms with Gasteiger partial charge in [-0.25, -0.2) is 4.39 Å². The van der Waals surface area contributed by atoms with E-state index in [-0.39, 0.29) is 0 Å². The molecule has 1 aliphatic rings. The van der Waals surface area contributed by atoms with Crippen molar-refractivity contribution in [3.05, 3.63) is 0 Å². The van der Waals surface area contributed by atoms with Crippen molar-refractivity contribution in [1.29, 1.82) is 0 Å². The summed E-state index contributed by atoms with van der Waals surface area (Å²) in [6.07, 6.45) is 2.52. The summed E-state index contributed by atoms with van der Waals surface area (Å²) in [4.78, 5) is 0. The molecule has 9 heavy (non-hydrogen) atoms. The van der Waals surface area contributed by atoms with Crippen LogP contribution in [-0.4, -0.2) is 6.17 Å². The Bertz CT molecular complexity index is 53.6. The van der Waals surface area contributed by atoms with Gasteiger partial charge in [-0.05, 0) is 18.8 Å². The van der Waals surface area contributed by atoms with Crippen LogP contribution in [0.2, 0.25) is 0 Å². The lowest BCUT2D eigenvalue weighted by Crippen LogP contribution is -2.01. The first kappa shape index (κ1) is 8.93. The summed E-state index contributed by atoms with van der Waals surface area (Å²) in [5, 5.41) is 0. The van der Waals surface area contributed by atoms with E-state index in [1.54, 1.807) is 0 Å². The number of hydrogen-bond donors (Lipinski definition) is 0. The molecule has 0 saturated heterocycles. The molecule has 0 spiro atoms. The van der Waals surface area contributed by atoms with E-state index < -0.39 is 6.17 Å². The molecule has 56 valence electrons. The second-order valence-electron chi connectivity index (χ2n) is 2.42. The Morgan fingerprint density at radius 1 is 1.22 bits per heavy atom. The summed E-state index contributed by atoms with van der Waals surface area (Å²) < 4.78 is 12.3. The van der Waals surface area contributed by atoms with E-state index in [0.29, 0.717) is 5.92 Å². The average molecular weight is 132 g/mol. The standard InChI is InChI=1S/C6H11F.C2H6/c1-5-3-2-4-6(5)7;1-2/h5-6H,2-4H2,1H3;1-2H3. The van der Waals surface area contributed by atoms with Gasteiger partial charge in [-0.1, -0.05) is 27.2 Å². The molecule has 0 nitrogen and oxygen atoms in total. The lowest BCUT2D eigenvalue weighted by molar-refractivity contribution is 0.278. The third kappa shape index (κ3) is 2.83. The molecular formula is C8H17F. The van der Waals surface area contributed by atoms with Crippen molar-refractivity contribution in [2.75, 3.05) is 0 Å². The third-order valence-corrected chi connectivity index (χ3v) is 1.76. The number of halogens is 1. The van der Waals surface area contributed by atoms with Gasteiger partial charge in [0.15, 0.2) is 0 Å². The Kier molecular flexibility index (Phi) is 4.74. The Morgan fingerprint density at radius 3 is 1.89 bits per heavy atom. The molecule has 1 saturated carbocycles. The van der Waals surface area contributed by atoms with E-state index in [0.717, 1.165) is 19.3 Å². The molecule has 0 aliphatic heterocycles. The monoisotopic (exact) mass is 132 g/mol. The highest BCUT2D eigenvalue weighted by Crippen LogP contribution is 2.26. The Labute approximate surface area is 57.5 Å². The Morgan fingerprint density at radius 2 is 1.78 bits per heavy atom. The van der Waals surface area contributed by atoms with Crippen LogP contribution in [0.1, 0.15) is 40.0 Å². The molecule has 0 amide bonds. The van der Waals surface area contributed by atoms with Crippen LogP contribution in [0.15, 0.2) is 0 Å². The van der Waals surface area contributed by atoms with Gasteiger partial charge in [-0.2, -0.15) is 0 Å². The predicted octanol–water partition coefficient (Wildman–Crippen LogP) is 3.17. The SMILES string of the molecule is CC.CC1CCCC1F. The smallest absolute Gasteiger partial charge is 0.103 e. The quantitative estimate of drug-likeness (QED) is 0.475. The molecule has 0 heterocycles. The highest BCUT2D eigenvalue weighted by molar-refractivity contribution is 4.72. The van der Waals surface area contributed by atoms with E-state index in [1.807, 2.05) is 20.8 Å². The Hall–Kier alpha value is -0.0700.